The number of carboxylic acid groups (broad SMARTS) is 1. The number of carbonyl (C=O) groups is 2. The van der Waals surface area contributed by atoms with E-state index in [1.54, 1.807) is 13.2 Å². The summed E-state index contributed by atoms with van der Waals surface area (Å²) in [5.74, 6) is -0.269. The van der Waals surface area contributed by atoms with E-state index in [1.807, 2.05) is 6.07 Å². The summed E-state index contributed by atoms with van der Waals surface area (Å²) in [7, 11) is 1.64. The molecule has 0 aliphatic carbocycles. The van der Waals surface area contributed by atoms with Crippen molar-refractivity contribution in [1.82, 2.24) is 0 Å². The molecular weight excluding hydrogens is 332 g/mol. The van der Waals surface area contributed by atoms with Gasteiger partial charge < -0.3 is 14.6 Å². The Bertz CT molecular complexity index is 648. The first-order valence-electron chi connectivity index (χ1n) is 8.93. The van der Waals surface area contributed by atoms with Crippen LogP contribution in [0.4, 0.5) is 0 Å². The molecule has 0 unspecified atom stereocenters. The molecule has 0 spiro atoms. The maximum absolute atomic E-state index is 12.1. The first kappa shape index (κ1) is 22.0. The molecule has 1 aromatic carbocycles. The minimum atomic E-state index is -1.01. The summed E-state index contributed by atoms with van der Waals surface area (Å²) >= 11 is 0. The van der Waals surface area contributed by atoms with Crippen molar-refractivity contribution >= 4 is 11.9 Å². The number of carbonyl (C=O) groups excluding carboxylic acids is 1. The summed E-state index contributed by atoms with van der Waals surface area (Å²) in [6, 6.07) is 3.55. The van der Waals surface area contributed by atoms with Crippen LogP contribution >= 0.6 is 0 Å². The van der Waals surface area contributed by atoms with Gasteiger partial charge in [-0.2, -0.15) is 0 Å². The molecule has 0 saturated carbocycles. The Morgan fingerprint density at radius 2 is 1.35 bits per heavy atom. The number of rotatable bonds is 7. The Balaban J connectivity index is 3.33. The summed E-state index contributed by atoms with van der Waals surface area (Å²) in [5, 5.41) is 8.75. The van der Waals surface area contributed by atoms with Crippen LogP contribution in [0.3, 0.4) is 0 Å². The van der Waals surface area contributed by atoms with Gasteiger partial charge in [-0.15, -0.1) is 0 Å². The minimum Gasteiger partial charge on any atom is -0.496 e. The zero-order valence-electron chi connectivity index (χ0n) is 17.1. The highest BCUT2D eigenvalue weighted by Gasteiger charge is 2.25. The molecule has 1 aromatic rings. The molecule has 0 heterocycles. The van der Waals surface area contributed by atoms with Gasteiger partial charge in [0.1, 0.15) is 11.5 Å². The second kappa shape index (κ2) is 8.56. The van der Waals surface area contributed by atoms with Gasteiger partial charge in [-0.3, -0.25) is 9.59 Å². The molecular formula is C21H32O5. The Labute approximate surface area is 156 Å². The van der Waals surface area contributed by atoms with Crippen LogP contribution in [-0.4, -0.2) is 24.2 Å². The quantitative estimate of drug-likeness (QED) is 0.563. The van der Waals surface area contributed by atoms with Crippen molar-refractivity contribution in [2.75, 3.05) is 7.11 Å². The second-order valence-corrected chi connectivity index (χ2v) is 9.07. The number of methoxy groups -OCH3 is 1. The van der Waals surface area contributed by atoms with Gasteiger partial charge in [-0.25, -0.2) is 0 Å². The third-order valence-electron chi connectivity index (χ3n) is 3.75. The third kappa shape index (κ3) is 7.46. The van der Waals surface area contributed by atoms with E-state index in [4.69, 9.17) is 14.6 Å². The first-order valence-corrected chi connectivity index (χ1v) is 8.93. The smallest absolute Gasteiger partial charge is 0.311 e. The molecule has 0 bridgehead atoms. The molecule has 5 nitrogen and oxygen atoms in total. The number of aliphatic carboxylic acids is 1. The van der Waals surface area contributed by atoms with E-state index in [1.165, 1.54) is 0 Å². The molecule has 0 saturated heterocycles. The lowest BCUT2D eigenvalue weighted by Crippen LogP contribution is -2.19. The highest BCUT2D eigenvalue weighted by Crippen LogP contribution is 2.38. The van der Waals surface area contributed by atoms with Crippen LogP contribution in [-0.2, 0) is 22.4 Å². The number of ether oxygens (including phenoxy) is 2. The fraction of sp³-hybridized carbons (Fsp3) is 0.619. The number of benzene rings is 1. The van der Waals surface area contributed by atoms with Crippen molar-refractivity contribution in [2.45, 2.75) is 67.2 Å². The van der Waals surface area contributed by atoms with Crippen molar-refractivity contribution in [3.05, 3.63) is 23.3 Å². The van der Waals surface area contributed by atoms with E-state index in [-0.39, 0.29) is 23.7 Å². The normalized spacial score (nSPS) is 12.0. The fourth-order valence-electron chi connectivity index (χ4n) is 2.77. The van der Waals surface area contributed by atoms with Crippen LogP contribution in [0.15, 0.2) is 12.1 Å². The van der Waals surface area contributed by atoms with Crippen LogP contribution in [0.25, 0.3) is 0 Å². The standard InChI is InChI=1S/C21H32O5/c1-20(2,3)12-14-15(13-21(4,5)6)17(9-8-16(14)25-7)26-19(24)11-10-18(22)23/h8-9H,10-13H2,1-7H3,(H,22,23). The number of hydrogen-bond donors (Lipinski definition) is 1. The maximum atomic E-state index is 12.1. The molecule has 26 heavy (non-hydrogen) atoms. The van der Waals surface area contributed by atoms with Crippen molar-refractivity contribution in [3.8, 4) is 11.5 Å². The van der Waals surface area contributed by atoms with Gasteiger partial charge in [-0.05, 0) is 35.8 Å². The van der Waals surface area contributed by atoms with Crippen molar-refractivity contribution < 1.29 is 24.2 Å². The van der Waals surface area contributed by atoms with Gasteiger partial charge in [0.2, 0.25) is 0 Å². The summed E-state index contributed by atoms with van der Waals surface area (Å²) in [5.41, 5.74) is 2.02. The van der Waals surface area contributed by atoms with Gasteiger partial charge in [0.25, 0.3) is 0 Å². The van der Waals surface area contributed by atoms with Crippen LogP contribution in [0.5, 0.6) is 11.5 Å². The van der Waals surface area contributed by atoms with E-state index in [0.717, 1.165) is 29.7 Å². The Hall–Kier alpha value is -2.04. The van der Waals surface area contributed by atoms with Gasteiger partial charge in [0.15, 0.2) is 0 Å². The molecule has 146 valence electrons. The average Bonchev–Trinajstić information content (AvgIpc) is 2.46. The second-order valence-electron chi connectivity index (χ2n) is 9.07. The van der Waals surface area contributed by atoms with E-state index in [0.29, 0.717) is 5.75 Å². The van der Waals surface area contributed by atoms with E-state index in [2.05, 4.69) is 41.5 Å². The Kier molecular flexibility index (Phi) is 7.25. The lowest BCUT2D eigenvalue weighted by atomic mass is 9.80. The molecule has 5 heteroatoms. The molecule has 0 radical (unpaired) electrons. The van der Waals surface area contributed by atoms with Crippen LogP contribution in [0.2, 0.25) is 0 Å². The Morgan fingerprint density at radius 1 is 0.885 bits per heavy atom. The predicted molar refractivity (Wildman–Crippen MR) is 102 cm³/mol. The van der Waals surface area contributed by atoms with Crippen molar-refractivity contribution in [3.63, 3.8) is 0 Å². The zero-order chi connectivity index (χ0) is 20.1. The van der Waals surface area contributed by atoms with Gasteiger partial charge in [0.05, 0.1) is 20.0 Å². The van der Waals surface area contributed by atoms with Gasteiger partial charge in [0, 0.05) is 11.1 Å². The van der Waals surface area contributed by atoms with E-state index < -0.39 is 11.9 Å². The SMILES string of the molecule is COc1ccc(OC(=O)CCC(=O)O)c(CC(C)(C)C)c1CC(C)(C)C. The highest BCUT2D eigenvalue weighted by atomic mass is 16.5. The average molecular weight is 364 g/mol. The monoisotopic (exact) mass is 364 g/mol. The molecule has 1 N–H and O–H groups in total. The third-order valence-corrected chi connectivity index (χ3v) is 3.75. The lowest BCUT2D eigenvalue weighted by molar-refractivity contribution is -0.142. The summed E-state index contributed by atoms with van der Waals surface area (Å²) in [6.07, 6.45) is 1.11. The van der Waals surface area contributed by atoms with Gasteiger partial charge in [-0.1, -0.05) is 41.5 Å². The highest BCUT2D eigenvalue weighted by molar-refractivity contribution is 5.78. The van der Waals surface area contributed by atoms with Crippen molar-refractivity contribution in [2.24, 2.45) is 10.8 Å². The summed E-state index contributed by atoms with van der Waals surface area (Å²) in [4.78, 5) is 22.7. The summed E-state index contributed by atoms with van der Waals surface area (Å²) < 4.78 is 11.1. The lowest BCUT2D eigenvalue weighted by Gasteiger charge is -2.27. The molecule has 0 fully saturated rings. The molecule has 0 aliphatic rings. The molecule has 0 atom stereocenters. The maximum Gasteiger partial charge on any atom is 0.311 e. The molecule has 0 aliphatic heterocycles. The number of esters is 1. The number of hydrogen-bond acceptors (Lipinski definition) is 4. The predicted octanol–water partition coefficient (Wildman–Crippen LogP) is 4.64. The first-order chi connectivity index (χ1) is 11.8. The minimum absolute atomic E-state index is 0.0127. The fourth-order valence-corrected chi connectivity index (χ4v) is 2.77. The largest absolute Gasteiger partial charge is 0.496 e. The molecule has 0 amide bonds. The molecule has 0 aromatic heterocycles. The van der Waals surface area contributed by atoms with Crippen molar-refractivity contribution in [1.29, 1.82) is 0 Å². The van der Waals surface area contributed by atoms with Crippen LogP contribution in [0.1, 0.15) is 65.5 Å². The van der Waals surface area contributed by atoms with Gasteiger partial charge >= 0.3 is 11.9 Å². The van der Waals surface area contributed by atoms with E-state index in [9.17, 15) is 9.59 Å². The topological polar surface area (TPSA) is 72.8 Å². The number of carboxylic acids is 1. The zero-order valence-corrected chi connectivity index (χ0v) is 17.1. The Morgan fingerprint density at radius 3 is 1.77 bits per heavy atom. The summed E-state index contributed by atoms with van der Waals surface area (Å²) in [6.45, 7) is 12.8. The molecule has 1 rings (SSSR count). The van der Waals surface area contributed by atoms with E-state index >= 15 is 0 Å². The van der Waals surface area contributed by atoms with Crippen LogP contribution < -0.4 is 9.47 Å². The van der Waals surface area contributed by atoms with Crippen LogP contribution in [0, 0.1) is 10.8 Å².